The van der Waals surface area contributed by atoms with E-state index in [1.54, 1.807) is 12.1 Å². The van der Waals surface area contributed by atoms with Gasteiger partial charge in [0.15, 0.2) is 6.10 Å². The molecule has 0 aromatic heterocycles. The van der Waals surface area contributed by atoms with E-state index in [0.717, 1.165) is 6.26 Å². The Morgan fingerprint density at radius 1 is 1.11 bits per heavy atom. The van der Waals surface area contributed by atoms with E-state index in [-0.39, 0.29) is 23.6 Å². The number of hydrogen-bond donors (Lipinski definition) is 2. The Kier molecular flexibility index (Phi) is 6.51. The summed E-state index contributed by atoms with van der Waals surface area (Å²) in [6, 6.07) is 11.5. The van der Waals surface area contributed by atoms with Gasteiger partial charge in [0.2, 0.25) is 10.0 Å². The number of esters is 1. The van der Waals surface area contributed by atoms with Gasteiger partial charge in [0.25, 0.3) is 5.91 Å². The molecule has 27 heavy (non-hydrogen) atoms. The first-order valence-electron chi connectivity index (χ1n) is 7.95. The van der Waals surface area contributed by atoms with Gasteiger partial charge >= 0.3 is 5.97 Å². The van der Waals surface area contributed by atoms with Crippen molar-refractivity contribution in [1.29, 1.82) is 0 Å². The zero-order valence-corrected chi connectivity index (χ0v) is 15.5. The molecule has 7 nitrogen and oxygen atoms in total. The number of halogens is 1. The minimum Gasteiger partial charge on any atom is -0.449 e. The first kappa shape index (κ1) is 20.4. The van der Waals surface area contributed by atoms with Gasteiger partial charge in [-0.15, -0.1) is 0 Å². The Bertz CT molecular complexity index is 929. The number of carbonyl (C=O) groups excluding carboxylic acids is 2. The lowest BCUT2D eigenvalue weighted by Gasteiger charge is -2.15. The number of carbonyl (C=O) groups is 2. The molecule has 2 aromatic carbocycles. The zero-order valence-electron chi connectivity index (χ0n) is 14.7. The average molecular weight is 394 g/mol. The van der Waals surface area contributed by atoms with Crippen LogP contribution in [-0.4, -0.2) is 32.7 Å². The van der Waals surface area contributed by atoms with Crippen molar-refractivity contribution in [2.45, 2.75) is 19.6 Å². The van der Waals surface area contributed by atoms with Gasteiger partial charge in [-0.2, -0.15) is 0 Å². The predicted octanol–water partition coefficient (Wildman–Crippen LogP) is 2.06. The van der Waals surface area contributed by atoms with Crippen molar-refractivity contribution >= 4 is 27.6 Å². The minimum absolute atomic E-state index is 0.0129. The normalized spacial score (nSPS) is 12.1. The van der Waals surface area contributed by atoms with Gasteiger partial charge in [-0.25, -0.2) is 17.6 Å². The van der Waals surface area contributed by atoms with E-state index >= 15 is 0 Å². The van der Waals surface area contributed by atoms with Crippen LogP contribution in [-0.2, 0) is 26.1 Å². The second kappa shape index (κ2) is 8.63. The molecule has 0 bridgehead atoms. The van der Waals surface area contributed by atoms with Crippen molar-refractivity contribution in [3.8, 4) is 0 Å². The number of sulfonamides is 1. The van der Waals surface area contributed by atoms with Gasteiger partial charge < -0.3 is 10.1 Å². The summed E-state index contributed by atoms with van der Waals surface area (Å²) in [6.45, 7) is 1.54. The summed E-state index contributed by atoms with van der Waals surface area (Å²) in [7, 11) is -3.58. The van der Waals surface area contributed by atoms with E-state index in [2.05, 4.69) is 10.0 Å². The fourth-order valence-corrected chi connectivity index (χ4v) is 2.74. The maximum atomic E-state index is 12.9. The molecule has 0 unspecified atom stereocenters. The molecule has 144 valence electrons. The van der Waals surface area contributed by atoms with Crippen molar-refractivity contribution in [2.75, 3.05) is 11.0 Å². The molecular weight excluding hydrogens is 375 g/mol. The number of ether oxygens (including phenoxy) is 1. The van der Waals surface area contributed by atoms with Gasteiger partial charge in [-0.3, -0.25) is 9.52 Å². The number of para-hydroxylation sites is 1. The van der Waals surface area contributed by atoms with Crippen LogP contribution in [0, 0.1) is 5.82 Å². The van der Waals surface area contributed by atoms with Crippen LogP contribution in [0.25, 0.3) is 0 Å². The summed E-state index contributed by atoms with van der Waals surface area (Å²) in [5, 5.41) is 2.58. The molecule has 2 rings (SSSR count). The summed E-state index contributed by atoms with van der Waals surface area (Å²) in [6.07, 6.45) is -0.148. The zero-order chi connectivity index (χ0) is 20.0. The molecular formula is C18H19FN2O5S. The second-order valence-corrected chi connectivity index (χ2v) is 7.56. The highest BCUT2D eigenvalue weighted by atomic mass is 32.2. The lowest BCUT2D eigenvalue weighted by molar-refractivity contribution is -0.129. The van der Waals surface area contributed by atoms with Crippen LogP contribution in [0.15, 0.2) is 48.5 Å². The van der Waals surface area contributed by atoms with Crippen LogP contribution < -0.4 is 10.0 Å². The minimum atomic E-state index is -3.58. The third kappa shape index (κ3) is 6.37. The smallest absolute Gasteiger partial charge is 0.341 e. The number of hydrogen-bond acceptors (Lipinski definition) is 5. The highest BCUT2D eigenvalue weighted by molar-refractivity contribution is 7.92. The average Bonchev–Trinajstić information content (AvgIpc) is 2.60. The molecule has 0 heterocycles. The van der Waals surface area contributed by atoms with E-state index in [4.69, 9.17) is 4.74 Å². The summed E-state index contributed by atoms with van der Waals surface area (Å²) in [5.41, 5.74) is 0.732. The maximum absolute atomic E-state index is 12.9. The van der Waals surface area contributed by atoms with Crippen LogP contribution in [0.5, 0.6) is 0 Å². The monoisotopic (exact) mass is 394 g/mol. The molecule has 0 fully saturated rings. The molecule has 0 aliphatic carbocycles. The Balaban J connectivity index is 1.98. The first-order chi connectivity index (χ1) is 12.7. The molecule has 2 N–H and O–H groups in total. The second-order valence-electron chi connectivity index (χ2n) is 5.81. The molecule has 0 aliphatic heterocycles. The maximum Gasteiger partial charge on any atom is 0.341 e. The quantitative estimate of drug-likeness (QED) is 0.700. The molecule has 1 atom stereocenters. The molecule has 0 spiro atoms. The Morgan fingerprint density at radius 2 is 1.74 bits per heavy atom. The summed E-state index contributed by atoms with van der Waals surface area (Å²) in [5.74, 6) is -1.76. The third-order valence-corrected chi connectivity index (χ3v) is 4.07. The van der Waals surface area contributed by atoms with E-state index in [0.29, 0.717) is 5.56 Å². The first-order valence-corrected chi connectivity index (χ1v) is 9.85. The molecule has 1 amide bonds. The summed E-state index contributed by atoms with van der Waals surface area (Å²) >= 11 is 0. The van der Waals surface area contributed by atoms with Gasteiger partial charge in [0.05, 0.1) is 17.5 Å². The Morgan fingerprint density at radius 3 is 2.37 bits per heavy atom. The summed E-state index contributed by atoms with van der Waals surface area (Å²) in [4.78, 5) is 24.4. The fraction of sp³-hybridized carbons (Fsp3) is 0.222. The molecule has 0 saturated carbocycles. The van der Waals surface area contributed by atoms with Gasteiger partial charge in [-0.05, 0) is 36.8 Å². The lowest BCUT2D eigenvalue weighted by Crippen LogP contribution is -2.35. The van der Waals surface area contributed by atoms with Crippen LogP contribution in [0.2, 0.25) is 0 Å². The molecule has 0 aliphatic rings. The van der Waals surface area contributed by atoms with E-state index in [9.17, 15) is 22.4 Å². The molecule has 9 heteroatoms. The molecule has 2 aromatic rings. The Hall–Kier alpha value is -2.94. The van der Waals surface area contributed by atoms with Gasteiger partial charge in [0, 0.05) is 6.54 Å². The molecule has 0 saturated heterocycles. The largest absolute Gasteiger partial charge is 0.449 e. The van der Waals surface area contributed by atoms with Crippen molar-refractivity contribution in [3.63, 3.8) is 0 Å². The SMILES string of the molecule is C[C@H](OC(=O)c1ccccc1NS(C)(=O)=O)C(=O)NCc1ccc(F)cc1. The van der Waals surface area contributed by atoms with E-state index < -0.39 is 28.0 Å². The van der Waals surface area contributed by atoms with Crippen molar-refractivity contribution in [1.82, 2.24) is 5.32 Å². The number of rotatable bonds is 7. The van der Waals surface area contributed by atoms with Crippen molar-refractivity contribution in [2.24, 2.45) is 0 Å². The molecule has 0 radical (unpaired) electrons. The number of amides is 1. The highest BCUT2D eigenvalue weighted by Crippen LogP contribution is 2.18. The van der Waals surface area contributed by atoms with E-state index in [1.807, 2.05) is 0 Å². The van der Waals surface area contributed by atoms with Crippen LogP contribution in [0.3, 0.4) is 0 Å². The fourth-order valence-electron chi connectivity index (χ4n) is 2.16. The van der Waals surface area contributed by atoms with Crippen LogP contribution in [0.4, 0.5) is 10.1 Å². The lowest BCUT2D eigenvalue weighted by atomic mass is 10.2. The van der Waals surface area contributed by atoms with Gasteiger partial charge in [-0.1, -0.05) is 24.3 Å². The third-order valence-electron chi connectivity index (χ3n) is 3.48. The number of nitrogens with one attached hydrogen (secondary N) is 2. The predicted molar refractivity (Wildman–Crippen MR) is 98.0 cm³/mol. The summed E-state index contributed by atoms with van der Waals surface area (Å²) < 4.78 is 43.0. The standard InChI is InChI=1S/C18H19FN2O5S/c1-12(17(22)20-11-13-7-9-14(19)10-8-13)26-18(23)15-5-3-4-6-16(15)21-27(2,24)25/h3-10,12,21H,11H2,1-2H3,(H,20,22)/t12-/m0/s1. The van der Waals surface area contributed by atoms with Crippen molar-refractivity contribution in [3.05, 3.63) is 65.5 Å². The van der Waals surface area contributed by atoms with E-state index in [1.165, 1.54) is 43.3 Å². The topological polar surface area (TPSA) is 102 Å². The van der Waals surface area contributed by atoms with Crippen LogP contribution in [0.1, 0.15) is 22.8 Å². The highest BCUT2D eigenvalue weighted by Gasteiger charge is 2.21. The van der Waals surface area contributed by atoms with Crippen LogP contribution >= 0.6 is 0 Å². The van der Waals surface area contributed by atoms with Crippen molar-refractivity contribution < 1.29 is 27.1 Å². The number of benzene rings is 2. The Labute approximate surface area is 156 Å². The number of anilines is 1. The van der Waals surface area contributed by atoms with Gasteiger partial charge in [0.1, 0.15) is 5.82 Å².